The smallest absolute Gasteiger partial charge is 0.365 e. The molecule has 1 heterocycles. The highest BCUT2D eigenvalue weighted by molar-refractivity contribution is 5.78. The third-order valence-electron chi connectivity index (χ3n) is 4.99. The summed E-state index contributed by atoms with van der Waals surface area (Å²) in [7, 11) is 0. The van der Waals surface area contributed by atoms with Crippen LogP contribution in [0, 0.1) is 20.8 Å². The molecule has 2 heteroatoms. The molecule has 0 radical (unpaired) electrons. The van der Waals surface area contributed by atoms with Gasteiger partial charge >= 0.3 is 11.5 Å². The van der Waals surface area contributed by atoms with Crippen LogP contribution in [0.15, 0.2) is 83.3 Å². The first-order valence-electron chi connectivity index (χ1n) is 9.43. The van der Waals surface area contributed by atoms with Gasteiger partial charge in [0.2, 0.25) is 0 Å². The third kappa shape index (κ3) is 3.41. The van der Waals surface area contributed by atoms with E-state index in [-0.39, 0.29) is 5.75 Å². The van der Waals surface area contributed by atoms with Gasteiger partial charge in [0, 0.05) is 5.56 Å². The van der Waals surface area contributed by atoms with Gasteiger partial charge in [0.1, 0.15) is 11.3 Å². The molecule has 0 saturated carbocycles. The number of phenols is 1. The van der Waals surface area contributed by atoms with Gasteiger partial charge in [-0.15, -0.1) is 0 Å². The van der Waals surface area contributed by atoms with Crippen LogP contribution < -0.4 is 0 Å². The van der Waals surface area contributed by atoms with Crippen molar-refractivity contribution in [2.45, 2.75) is 20.8 Å². The van der Waals surface area contributed by atoms with Gasteiger partial charge in [0.15, 0.2) is 0 Å². The third-order valence-corrected chi connectivity index (χ3v) is 4.99. The number of hydrogen-bond acceptors (Lipinski definition) is 1. The fraction of sp³-hybridized carbons (Fsp3) is 0.115. The maximum Gasteiger partial charge on any atom is 0.365 e. The van der Waals surface area contributed by atoms with Gasteiger partial charge in [-0.05, 0) is 49.6 Å². The Morgan fingerprint density at radius 2 is 1.25 bits per heavy atom. The molecule has 0 amide bonds. The van der Waals surface area contributed by atoms with Crippen LogP contribution in [-0.4, -0.2) is 5.11 Å². The van der Waals surface area contributed by atoms with Crippen molar-refractivity contribution in [1.29, 1.82) is 0 Å². The fourth-order valence-electron chi connectivity index (χ4n) is 3.81. The van der Waals surface area contributed by atoms with Crippen molar-refractivity contribution in [3.63, 3.8) is 0 Å². The average Bonchev–Trinajstić information content (AvgIpc) is 2.68. The molecular formula is C26H23O2+. The van der Waals surface area contributed by atoms with Crippen LogP contribution in [0.4, 0.5) is 0 Å². The molecule has 0 aliphatic rings. The maximum absolute atomic E-state index is 10.4. The minimum atomic E-state index is 0.208. The van der Waals surface area contributed by atoms with Gasteiger partial charge in [-0.1, -0.05) is 60.2 Å². The van der Waals surface area contributed by atoms with Crippen molar-refractivity contribution < 1.29 is 9.52 Å². The van der Waals surface area contributed by atoms with Crippen molar-refractivity contribution in [3.05, 3.63) is 95.6 Å². The van der Waals surface area contributed by atoms with Crippen LogP contribution in [0.5, 0.6) is 5.75 Å². The van der Waals surface area contributed by atoms with E-state index in [0.29, 0.717) is 11.3 Å². The number of hydrogen-bond donors (Lipinski definition) is 1. The zero-order valence-corrected chi connectivity index (χ0v) is 16.4. The molecule has 0 saturated heterocycles. The highest BCUT2D eigenvalue weighted by atomic mass is 16.3. The largest absolute Gasteiger partial charge is 0.507 e. The molecule has 0 unspecified atom stereocenters. The van der Waals surface area contributed by atoms with Gasteiger partial charge < -0.3 is 5.11 Å². The summed E-state index contributed by atoms with van der Waals surface area (Å²) in [6.07, 6.45) is 0. The highest BCUT2D eigenvalue weighted by Crippen LogP contribution is 2.38. The SMILES string of the molecule is Cc1cc(C)c(-c2cc(-c3ccccc3)cc(-c3ccccc3O)[o+]2)c(C)c1. The molecule has 1 N–H and O–H groups in total. The van der Waals surface area contributed by atoms with E-state index in [1.165, 1.54) is 16.7 Å². The van der Waals surface area contributed by atoms with Crippen LogP contribution in [0.2, 0.25) is 0 Å². The molecule has 2 nitrogen and oxygen atoms in total. The molecule has 0 bridgehead atoms. The molecule has 4 aromatic rings. The average molecular weight is 367 g/mol. The summed E-state index contributed by atoms with van der Waals surface area (Å²) in [5.41, 5.74) is 7.53. The topological polar surface area (TPSA) is 31.5 Å². The predicted octanol–water partition coefficient (Wildman–Crippen LogP) is 7.19. The Kier molecular flexibility index (Phi) is 4.70. The lowest BCUT2D eigenvalue weighted by atomic mass is 9.95. The summed E-state index contributed by atoms with van der Waals surface area (Å²) in [6.45, 7) is 6.33. The standard InChI is InChI=1S/C26H22O2/c1-17-13-18(2)26(19(3)14-17)25-16-21(20-9-5-4-6-10-20)15-24(28-25)22-11-7-8-12-23(22)27/h4-16H,1-3H3/p+1. The first kappa shape index (κ1) is 18.0. The van der Waals surface area contributed by atoms with E-state index in [0.717, 1.165) is 22.5 Å². The summed E-state index contributed by atoms with van der Waals surface area (Å²) in [4.78, 5) is 0. The normalized spacial score (nSPS) is 10.8. The number of benzene rings is 3. The molecule has 1 aromatic heterocycles. The molecule has 28 heavy (non-hydrogen) atoms. The number of para-hydroxylation sites is 1. The van der Waals surface area contributed by atoms with Gasteiger partial charge in [-0.25, -0.2) is 4.42 Å². The van der Waals surface area contributed by atoms with Crippen LogP contribution in [0.1, 0.15) is 16.7 Å². The summed E-state index contributed by atoms with van der Waals surface area (Å²) in [6, 6.07) is 25.9. The first-order valence-corrected chi connectivity index (χ1v) is 9.43. The highest BCUT2D eigenvalue weighted by Gasteiger charge is 2.24. The number of aromatic hydroxyl groups is 1. The molecule has 3 aromatic carbocycles. The summed E-state index contributed by atoms with van der Waals surface area (Å²) < 4.78 is 6.33. The predicted molar refractivity (Wildman–Crippen MR) is 115 cm³/mol. The monoisotopic (exact) mass is 367 g/mol. The molecule has 138 valence electrons. The van der Waals surface area contributed by atoms with E-state index >= 15 is 0 Å². The first-order chi connectivity index (χ1) is 13.5. The van der Waals surface area contributed by atoms with Crippen molar-refractivity contribution in [1.82, 2.24) is 0 Å². The zero-order valence-electron chi connectivity index (χ0n) is 16.4. The van der Waals surface area contributed by atoms with Crippen molar-refractivity contribution >= 4 is 0 Å². The molecule has 4 rings (SSSR count). The van der Waals surface area contributed by atoms with E-state index in [4.69, 9.17) is 4.42 Å². The Labute approximate surface area is 165 Å². The lowest BCUT2D eigenvalue weighted by Crippen LogP contribution is -1.92. The van der Waals surface area contributed by atoms with Crippen molar-refractivity contribution in [2.24, 2.45) is 0 Å². The van der Waals surface area contributed by atoms with Crippen LogP contribution in [0.3, 0.4) is 0 Å². The zero-order chi connectivity index (χ0) is 19.7. The van der Waals surface area contributed by atoms with Gasteiger partial charge in [-0.2, -0.15) is 0 Å². The van der Waals surface area contributed by atoms with Gasteiger partial charge in [0.25, 0.3) is 0 Å². The molecule has 0 aliphatic carbocycles. The van der Waals surface area contributed by atoms with Crippen LogP contribution in [0.25, 0.3) is 33.8 Å². The number of phenolic OH excluding ortho intramolecular Hbond substituents is 1. The Balaban J connectivity index is 2.00. The minimum absolute atomic E-state index is 0.208. The van der Waals surface area contributed by atoms with Gasteiger partial charge in [0.05, 0.1) is 17.7 Å². The minimum Gasteiger partial charge on any atom is -0.507 e. The Hall–Kier alpha value is -3.39. The van der Waals surface area contributed by atoms with E-state index in [9.17, 15) is 5.11 Å². The van der Waals surface area contributed by atoms with E-state index < -0.39 is 0 Å². The van der Waals surface area contributed by atoms with E-state index in [1.54, 1.807) is 6.07 Å². The Morgan fingerprint density at radius 1 is 0.643 bits per heavy atom. The molecule has 0 spiro atoms. The van der Waals surface area contributed by atoms with E-state index in [1.807, 2.05) is 42.5 Å². The van der Waals surface area contributed by atoms with Crippen LogP contribution in [-0.2, 0) is 0 Å². The fourth-order valence-corrected chi connectivity index (χ4v) is 3.81. The molecule has 0 atom stereocenters. The summed E-state index contributed by atoms with van der Waals surface area (Å²) in [5, 5.41) is 10.4. The second kappa shape index (κ2) is 7.32. The number of aryl methyl sites for hydroxylation is 3. The van der Waals surface area contributed by atoms with E-state index in [2.05, 4.69) is 51.1 Å². The summed E-state index contributed by atoms with van der Waals surface area (Å²) in [5.74, 6) is 1.66. The van der Waals surface area contributed by atoms with Crippen LogP contribution >= 0.6 is 0 Å². The molecule has 0 aliphatic heterocycles. The summed E-state index contributed by atoms with van der Waals surface area (Å²) >= 11 is 0. The second-order valence-corrected chi connectivity index (χ2v) is 7.23. The molecule has 0 fully saturated rings. The van der Waals surface area contributed by atoms with Gasteiger partial charge in [-0.3, -0.25) is 0 Å². The number of rotatable bonds is 3. The molecular weight excluding hydrogens is 344 g/mol. The van der Waals surface area contributed by atoms with Crippen molar-refractivity contribution in [3.8, 4) is 39.5 Å². The lowest BCUT2D eigenvalue weighted by Gasteiger charge is -2.08. The maximum atomic E-state index is 10.4. The lowest BCUT2D eigenvalue weighted by molar-refractivity contribution is 0.473. The Bertz CT molecular complexity index is 1120. The second-order valence-electron chi connectivity index (χ2n) is 7.23. The quantitative estimate of drug-likeness (QED) is 0.388. The van der Waals surface area contributed by atoms with Crippen molar-refractivity contribution in [2.75, 3.05) is 0 Å². The Morgan fingerprint density at radius 3 is 1.93 bits per heavy atom.